The van der Waals surface area contributed by atoms with E-state index in [9.17, 15) is 13.6 Å². The second-order valence-electron chi connectivity index (χ2n) is 5.83. The Hall–Kier alpha value is -3.61. The third-order valence-corrected chi connectivity index (χ3v) is 4.29. The third-order valence-electron chi connectivity index (χ3n) is 4.29. The van der Waals surface area contributed by atoms with Crippen LogP contribution < -0.4 is 4.74 Å². The van der Waals surface area contributed by atoms with Crippen molar-refractivity contribution in [2.75, 3.05) is 7.11 Å². The van der Waals surface area contributed by atoms with Crippen LogP contribution in [0, 0.1) is 11.6 Å². The van der Waals surface area contributed by atoms with Gasteiger partial charge in [0.2, 0.25) is 5.78 Å². The minimum absolute atomic E-state index is 0.124. The molecule has 0 saturated carbocycles. The van der Waals surface area contributed by atoms with Crippen molar-refractivity contribution in [3.63, 3.8) is 0 Å². The van der Waals surface area contributed by atoms with Crippen molar-refractivity contribution in [3.05, 3.63) is 77.9 Å². The maximum Gasteiger partial charge on any atom is 0.201 e. The van der Waals surface area contributed by atoms with Crippen LogP contribution in [0.15, 0.2) is 55.1 Å². The molecule has 4 aromatic rings. The number of halogens is 2. The first-order chi connectivity index (χ1) is 13.1. The highest BCUT2D eigenvalue weighted by Crippen LogP contribution is 2.29. The number of hydrogen-bond acceptors (Lipinski definition) is 4. The standard InChI is InChI=1S/C20H13F2N3O2/c1-27-16-3-2-15(21)17(18(16)22)19(26)14-10-25-20-13(14)8-12(9-24-20)11-4-6-23-7-5-11/h2-10H,1H3,(H,24,25). The van der Waals surface area contributed by atoms with E-state index in [2.05, 4.69) is 15.0 Å². The molecule has 1 aromatic carbocycles. The molecule has 0 aliphatic carbocycles. The Balaban J connectivity index is 1.86. The molecule has 3 aromatic heterocycles. The fourth-order valence-corrected chi connectivity index (χ4v) is 2.93. The number of ether oxygens (including phenoxy) is 1. The van der Waals surface area contributed by atoms with E-state index in [1.54, 1.807) is 36.8 Å². The first kappa shape index (κ1) is 16.8. The lowest BCUT2D eigenvalue weighted by Crippen LogP contribution is -2.08. The van der Waals surface area contributed by atoms with Crippen molar-refractivity contribution in [3.8, 4) is 16.9 Å². The molecule has 27 heavy (non-hydrogen) atoms. The minimum Gasteiger partial charge on any atom is -0.494 e. The van der Waals surface area contributed by atoms with Crippen molar-refractivity contribution >= 4 is 16.8 Å². The molecule has 0 aliphatic rings. The molecule has 0 aliphatic heterocycles. The number of H-pyrrole nitrogens is 1. The van der Waals surface area contributed by atoms with E-state index >= 15 is 0 Å². The van der Waals surface area contributed by atoms with E-state index in [0.29, 0.717) is 11.0 Å². The molecule has 7 heteroatoms. The minimum atomic E-state index is -1.03. The van der Waals surface area contributed by atoms with Gasteiger partial charge in [0.25, 0.3) is 0 Å². The summed E-state index contributed by atoms with van der Waals surface area (Å²) in [5.74, 6) is -2.97. The molecule has 0 atom stereocenters. The van der Waals surface area contributed by atoms with Crippen LogP contribution in [0.25, 0.3) is 22.2 Å². The van der Waals surface area contributed by atoms with Gasteiger partial charge >= 0.3 is 0 Å². The summed E-state index contributed by atoms with van der Waals surface area (Å²) in [5, 5.41) is 0.468. The number of pyridine rings is 2. The summed E-state index contributed by atoms with van der Waals surface area (Å²) in [6, 6.07) is 7.50. The van der Waals surface area contributed by atoms with Crippen molar-refractivity contribution < 1.29 is 18.3 Å². The van der Waals surface area contributed by atoms with Crippen LogP contribution in [0.3, 0.4) is 0 Å². The van der Waals surface area contributed by atoms with Crippen LogP contribution in [-0.2, 0) is 0 Å². The predicted octanol–water partition coefficient (Wildman–Crippen LogP) is 4.14. The number of benzene rings is 1. The van der Waals surface area contributed by atoms with Gasteiger partial charge in [0, 0.05) is 41.3 Å². The molecule has 0 saturated heterocycles. The highest BCUT2D eigenvalue weighted by molar-refractivity contribution is 6.16. The Labute approximate surface area is 152 Å². The summed E-state index contributed by atoms with van der Waals surface area (Å²) in [7, 11) is 1.25. The average molecular weight is 365 g/mol. The lowest BCUT2D eigenvalue weighted by Gasteiger charge is -2.08. The van der Waals surface area contributed by atoms with Crippen LogP contribution >= 0.6 is 0 Å². The number of aromatic nitrogens is 3. The number of rotatable bonds is 4. The van der Waals surface area contributed by atoms with Crippen LogP contribution in [-0.4, -0.2) is 27.8 Å². The van der Waals surface area contributed by atoms with Gasteiger partial charge in [-0.3, -0.25) is 9.78 Å². The first-order valence-electron chi connectivity index (χ1n) is 8.04. The van der Waals surface area contributed by atoms with Gasteiger partial charge in [-0.25, -0.2) is 13.8 Å². The zero-order chi connectivity index (χ0) is 19.0. The highest BCUT2D eigenvalue weighted by Gasteiger charge is 2.25. The first-order valence-corrected chi connectivity index (χ1v) is 8.04. The highest BCUT2D eigenvalue weighted by atomic mass is 19.1. The Kier molecular flexibility index (Phi) is 4.12. The maximum atomic E-state index is 14.5. The summed E-state index contributed by atoms with van der Waals surface area (Å²) in [6.45, 7) is 0. The largest absolute Gasteiger partial charge is 0.494 e. The monoisotopic (exact) mass is 365 g/mol. The fourth-order valence-electron chi connectivity index (χ4n) is 2.93. The van der Waals surface area contributed by atoms with Gasteiger partial charge < -0.3 is 9.72 Å². The third kappa shape index (κ3) is 2.83. The number of aromatic amines is 1. The quantitative estimate of drug-likeness (QED) is 0.552. The number of nitrogens with zero attached hydrogens (tertiary/aromatic N) is 2. The van der Waals surface area contributed by atoms with E-state index in [4.69, 9.17) is 4.74 Å². The van der Waals surface area contributed by atoms with Crippen molar-refractivity contribution in [1.29, 1.82) is 0 Å². The number of hydrogen-bond donors (Lipinski definition) is 1. The van der Waals surface area contributed by atoms with Gasteiger partial charge in [-0.05, 0) is 35.9 Å². The molecular weight excluding hydrogens is 352 g/mol. The summed E-state index contributed by atoms with van der Waals surface area (Å²) < 4.78 is 33.6. The van der Waals surface area contributed by atoms with E-state index < -0.39 is 23.0 Å². The molecule has 0 spiro atoms. The SMILES string of the molecule is COc1ccc(F)c(C(=O)c2c[nH]c3ncc(-c4ccncc4)cc23)c1F. The molecule has 1 N–H and O–H groups in total. The molecule has 134 valence electrons. The van der Waals surface area contributed by atoms with Gasteiger partial charge in [0.1, 0.15) is 11.5 Å². The maximum absolute atomic E-state index is 14.5. The predicted molar refractivity (Wildman–Crippen MR) is 95.7 cm³/mol. The summed E-state index contributed by atoms with van der Waals surface area (Å²) in [5.41, 5.74) is 1.52. The Bertz CT molecular complexity index is 1160. The molecule has 0 unspecified atom stereocenters. The second-order valence-corrected chi connectivity index (χ2v) is 5.83. The number of nitrogens with one attached hydrogen (secondary N) is 1. The van der Waals surface area contributed by atoms with Crippen molar-refractivity contribution in [2.45, 2.75) is 0 Å². The molecule has 4 rings (SSSR count). The average Bonchev–Trinajstić information content (AvgIpc) is 3.12. The molecule has 0 bridgehead atoms. The molecule has 0 amide bonds. The summed E-state index contributed by atoms with van der Waals surface area (Å²) in [4.78, 5) is 24.0. The van der Waals surface area contributed by atoms with Gasteiger partial charge in [-0.15, -0.1) is 0 Å². The van der Waals surface area contributed by atoms with Gasteiger partial charge in [0.05, 0.1) is 12.7 Å². The zero-order valence-corrected chi connectivity index (χ0v) is 14.2. The van der Waals surface area contributed by atoms with Gasteiger partial charge in [-0.2, -0.15) is 0 Å². The Morgan fingerprint density at radius 2 is 1.89 bits per heavy atom. The molecular formula is C20H13F2N3O2. The topological polar surface area (TPSA) is 67.9 Å². The second kappa shape index (κ2) is 6.60. The Morgan fingerprint density at radius 3 is 2.63 bits per heavy atom. The van der Waals surface area contributed by atoms with Crippen molar-refractivity contribution in [2.24, 2.45) is 0 Å². The number of ketones is 1. The zero-order valence-electron chi connectivity index (χ0n) is 14.2. The number of fused-ring (bicyclic) bond motifs is 1. The lowest BCUT2D eigenvalue weighted by atomic mass is 10.0. The number of carbonyl (C=O) groups is 1. The van der Waals surface area contributed by atoms with Gasteiger partial charge in [0.15, 0.2) is 11.6 Å². The fraction of sp³-hybridized carbons (Fsp3) is 0.0500. The van der Waals surface area contributed by atoms with E-state index in [1.165, 1.54) is 13.3 Å². The van der Waals surface area contributed by atoms with E-state index in [1.807, 2.05) is 0 Å². The Morgan fingerprint density at radius 1 is 1.11 bits per heavy atom. The van der Waals surface area contributed by atoms with Crippen LogP contribution in [0.2, 0.25) is 0 Å². The summed E-state index contributed by atoms with van der Waals surface area (Å²) in [6.07, 6.45) is 6.33. The number of methoxy groups -OCH3 is 1. The van der Waals surface area contributed by atoms with Gasteiger partial charge in [-0.1, -0.05) is 0 Å². The molecule has 3 heterocycles. The smallest absolute Gasteiger partial charge is 0.201 e. The molecule has 0 fully saturated rings. The van der Waals surface area contributed by atoms with E-state index in [-0.39, 0.29) is 11.3 Å². The lowest BCUT2D eigenvalue weighted by molar-refractivity contribution is 0.103. The van der Waals surface area contributed by atoms with Crippen LogP contribution in [0.4, 0.5) is 8.78 Å². The molecule has 5 nitrogen and oxygen atoms in total. The number of carbonyl (C=O) groups excluding carboxylic acids is 1. The molecule has 0 radical (unpaired) electrons. The van der Waals surface area contributed by atoms with Crippen LogP contribution in [0.1, 0.15) is 15.9 Å². The van der Waals surface area contributed by atoms with Crippen molar-refractivity contribution in [1.82, 2.24) is 15.0 Å². The van der Waals surface area contributed by atoms with E-state index in [0.717, 1.165) is 23.3 Å². The summed E-state index contributed by atoms with van der Waals surface area (Å²) >= 11 is 0. The van der Waals surface area contributed by atoms with Crippen LogP contribution in [0.5, 0.6) is 5.75 Å². The normalized spacial score (nSPS) is 10.9.